The van der Waals surface area contributed by atoms with Crippen molar-refractivity contribution in [1.82, 2.24) is 0 Å². The number of ether oxygens (including phenoxy) is 1. The van der Waals surface area contributed by atoms with Crippen LogP contribution < -0.4 is 4.74 Å². The summed E-state index contributed by atoms with van der Waals surface area (Å²) in [6.45, 7) is 3.29. The molecule has 4 nitrogen and oxygen atoms in total. The summed E-state index contributed by atoms with van der Waals surface area (Å²) in [6, 6.07) is 3.29. The molecule has 4 heteroatoms. The molecule has 0 aliphatic rings. The van der Waals surface area contributed by atoms with Gasteiger partial charge in [-0.15, -0.1) is 0 Å². The SMILES string of the molecule is C=CCOc1cc(CO)cc(CO)c1CO. The molecule has 0 saturated heterocycles. The molecule has 16 heavy (non-hydrogen) atoms. The highest BCUT2D eigenvalue weighted by molar-refractivity contribution is 5.43. The monoisotopic (exact) mass is 224 g/mol. The van der Waals surface area contributed by atoms with E-state index in [2.05, 4.69) is 6.58 Å². The number of hydrogen-bond donors (Lipinski definition) is 3. The first kappa shape index (κ1) is 12.7. The van der Waals surface area contributed by atoms with Crippen LogP contribution >= 0.6 is 0 Å². The van der Waals surface area contributed by atoms with E-state index in [1.165, 1.54) is 0 Å². The largest absolute Gasteiger partial charge is 0.489 e. The van der Waals surface area contributed by atoms with Gasteiger partial charge in [-0.3, -0.25) is 0 Å². The Bertz CT molecular complexity index is 360. The molecule has 0 unspecified atom stereocenters. The van der Waals surface area contributed by atoms with Gasteiger partial charge in [-0.2, -0.15) is 0 Å². The van der Waals surface area contributed by atoms with E-state index in [0.717, 1.165) is 0 Å². The molecule has 0 aliphatic heterocycles. The highest BCUT2D eigenvalue weighted by atomic mass is 16.5. The smallest absolute Gasteiger partial charge is 0.126 e. The Hall–Kier alpha value is -1.36. The molecule has 1 aromatic carbocycles. The summed E-state index contributed by atoms with van der Waals surface area (Å²) in [5.41, 5.74) is 1.75. The molecule has 0 atom stereocenters. The predicted octanol–water partition coefficient (Wildman–Crippen LogP) is 0.728. The summed E-state index contributed by atoms with van der Waals surface area (Å²) >= 11 is 0. The van der Waals surface area contributed by atoms with Gasteiger partial charge in [0.2, 0.25) is 0 Å². The number of aliphatic hydroxyl groups is 3. The van der Waals surface area contributed by atoms with Gasteiger partial charge in [0.25, 0.3) is 0 Å². The maximum atomic E-state index is 9.21. The van der Waals surface area contributed by atoms with Crippen LogP contribution in [0.3, 0.4) is 0 Å². The summed E-state index contributed by atoms with van der Waals surface area (Å²) in [5.74, 6) is 0.470. The quantitative estimate of drug-likeness (QED) is 0.623. The Balaban J connectivity index is 3.14. The van der Waals surface area contributed by atoms with Gasteiger partial charge in [0.1, 0.15) is 12.4 Å². The Kier molecular flexibility index (Phi) is 4.98. The highest BCUT2D eigenvalue weighted by Crippen LogP contribution is 2.25. The van der Waals surface area contributed by atoms with E-state index >= 15 is 0 Å². The first-order valence-corrected chi connectivity index (χ1v) is 4.97. The van der Waals surface area contributed by atoms with E-state index in [0.29, 0.717) is 29.0 Å². The summed E-state index contributed by atoms with van der Waals surface area (Å²) < 4.78 is 5.36. The summed E-state index contributed by atoms with van der Waals surface area (Å²) in [5, 5.41) is 27.4. The molecule has 0 heterocycles. The Morgan fingerprint density at radius 1 is 1.12 bits per heavy atom. The zero-order valence-electron chi connectivity index (χ0n) is 9.02. The minimum atomic E-state index is -0.214. The van der Waals surface area contributed by atoms with Crippen molar-refractivity contribution in [2.45, 2.75) is 19.8 Å². The maximum absolute atomic E-state index is 9.21. The van der Waals surface area contributed by atoms with Crippen molar-refractivity contribution in [2.75, 3.05) is 6.61 Å². The predicted molar refractivity (Wildman–Crippen MR) is 59.9 cm³/mol. The molecule has 0 aromatic heterocycles. The Labute approximate surface area is 94.4 Å². The van der Waals surface area contributed by atoms with Gasteiger partial charge in [-0.25, -0.2) is 0 Å². The molecular weight excluding hydrogens is 208 g/mol. The number of aliphatic hydroxyl groups excluding tert-OH is 3. The number of hydrogen-bond acceptors (Lipinski definition) is 4. The van der Waals surface area contributed by atoms with Crippen molar-refractivity contribution in [1.29, 1.82) is 0 Å². The van der Waals surface area contributed by atoms with E-state index < -0.39 is 0 Å². The molecule has 0 spiro atoms. The normalized spacial score (nSPS) is 10.2. The van der Waals surface area contributed by atoms with Crippen molar-refractivity contribution in [3.63, 3.8) is 0 Å². The molecule has 1 rings (SSSR count). The second-order valence-electron chi connectivity index (χ2n) is 3.31. The number of rotatable bonds is 6. The Morgan fingerprint density at radius 2 is 1.88 bits per heavy atom. The minimum absolute atomic E-state index is 0.136. The topological polar surface area (TPSA) is 69.9 Å². The fourth-order valence-electron chi connectivity index (χ4n) is 1.46. The average Bonchev–Trinajstić information content (AvgIpc) is 2.34. The van der Waals surface area contributed by atoms with Crippen LogP contribution in [0.25, 0.3) is 0 Å². The van der Waals surface area contributed by atoms with Gasteiger partial charge in [0.05, 0.1) is 19.8 Å². The third-order valence-electron chi connectivity index (χ3n) is 2.23. The summed E-state index contributed by atoms with van der Waals surface area (Å²) in [4.78, 5) is 0. The van der Waals surface area contributed by atoms with Crippen LogP contribution in [0.4, 0.5) is 0 Å². The van der Waals surface area contributed by atoms with E-state index in [9.17, 15) is 5.11 Å². The summed E-state index contributed by atoms with van der Waals surface area (Å²) in [6.07, 6.45) is 1.59. The molecule has 0 radical (unpaired) electrons. The lowest BCUT2D eigenvalue weighted by molar-refractivity contribution is 0.248. The third-order valence-corrected chi connectivity index (χ3v) is 2.23. The lowest BCUT2D eigenvalue weighted by atomic mass is 10.0. The second kappa shape index (κ2) is 6.27. The molecule has 0 amide bonds. The maximum Gasteiger partial charge on any atom is 0.126 e. The van der Waals surface area contributed by atoms with Gasteiger partial charge in [0, 0.05) is 5.56 Å². The van der Waals surface area contributed by atoms with Crippen LogP contribution in [0.2, 0.25) is 0 Å². The van der Waals surface area contributed by atoms with Gasteiger partial charge < -0.3 is 20.1 Å². The fraction of sp³-hybridized carbons (Fsp3) is 0.333. The molecular formula is C12H16O4. The van der Waals surface area contributed by atoms with Crippen molar-refractivity contribution in [3.8, 4) is 5.75 Å². The van der Waals surface area contributed by atoms with Crippen LogP contribution in [-0.2, 0) is 19.8 Å². The van der Waals surface area contributed by atoms with Crippen LogP contribution in [-0.4, -0.2) is 21.9 Å². The zero-order valence-corrected chi connectivity index (χ0v) is 9.02. The highest BCUT2D eigenvalue weighted by Gasteiger charge is 2.10. The molecule has 0 bridgehead atoms. The van der Waals surface area contributed by atoms with Gasteiger partial charge in [0.15, 0.2) is 0 Å². The lowest BCUT2D eigenvalue weighted by Gasteiger charge is -2.14. The lowest BCUT2D eigenvalue weighted by Crippen LogP contribution is -2.03. The standard InChI is InChI=1S/C12H16O4/c1-2-3-16-12-5-9(6-13)4-10(7-14)11(12)8-15/h2,4-5,13-15H,1,3,6-8H2. The summed E-state index contributed by atoms with van der Waals surface area (Å²) in [7, 11) is 0. The van der Waals surface area contributed by atoms with Crippen molar-refractivity contribution in [2.24, 2.45) is 0 Å². The third kappa shape index (κ3) is 2.82. The van der Waals surface area contributed by atoms with Gasteiger partial charge in [-0.1, -0.05) is 18.7 Å². The molecule has 88 valence electrons. The van der Waals surface area contributed by atoms with Gasteiger partial charge >= 0.3 is 0 Å². The zero-order chi connectivity index (χ0) is 12.0. The second-order valence-corrected chi connectivity index (χ2v) is 3.31. The van der Waals surface area contributed by atoms with Gasteiger partial charge in [-0.05, 0) is 17.2 Å². The molecule has 0 saturated carbocycles. The molecule has 0 fully saturated rings. The fourth-order valence-corrected chi connectivity index (χ4v) is 1.46. The van der Waals surface area contributed by atoms with E-state index in [1.807, 2.05) is 0 Å². The molecule has 1 aromatic rings. The first-order valence-electron chi connectivity index (χ1n) is 4.97. The van der Waals surface area contributed by atoms with Crippen LogP contribution in [0.15, 0.2) is 24.8 Å². The average molecular weight is 224 g/mol. The van der Waals surface area contributed by atoms with Crippen molar-refractivity contribution in [3.05, 3.63) is 41.5 Å². The number of benzene rings is 1. The minimum Gasteiger partial charge on any atom is -0.489 e. The molecule has 3 N–H and O–H groups in total. The van der Waals surface area contributed by atoms with E-state index in [-0.39, 0.29) is 19.8 Å². The van der Waals surface area contributed by atoms with Crippen molar-refractivity contribution < 1.29 is 20.1 Å². The molecule has 0 aliphatic carbocycles. The Morgan fingerprint density at radius 3 is 2.38 bits per heavy atom. The van der Waals surface area contributed by atoms with Crippen LogP contribution in [0.5, 0.6) is 5.75 Å². The van der Waals surface area contributed by atoms with Crippen LogP contribution in [0, 0.1) is 0 Å². The first-order chi connectivity index (χ1) is 7.76. The van der Waals surface area contributed by atoms with E-state index in [4.69, 9.17) is 14.9 Å². The van der Waals surface area contributed by atoms with Crippen molar-refractivity contribution >= 4 is 0 Å². The van der Waals surface area contributed by atoms with Crippen LogP contribution in [0.1, 0.15) is 16.7 Å². The van der Waals surface area contributed by atoms with E-state index in [1.54, 1.807) is 18.2 Å².